The van der Waals surface area contributed by atoms with Crippen LogP contribution in [0.25, 0.3) is 33.4 Å². The summed E-state index contributed by atoms with van der Waals surface area (Å²) in [5.41, 5.74) is 7.03. The molecule has 2 aliphatic carbocycles. The Labute approximate surface area is 249 Å². The van der Waals surface area contributed by atoms with Crippen LogP contribution < -0.4 is 0 Å². The molecule has 220 valence electrons. The van der Waals surface area contributed by atoms with E-state index in [1.54, 1.807) is 0 Å². The summed E-state index contributed by atoms with van der Waals surface area (Å²) < 4.78 is 12.4. The van der Waals surface area contributed by atoms with Crippen LogP contribution >= 0.6 is 11.6 Å². The fourth-order valence-electron chi connectivity index (χ4n) is 7.53. The van der Waals surface area contributed by atoms with Gasteiger partial charge in [0.15, 0.2) is 6.23 Å². The van der Waals surface area contributed by atoms with Crippen LogP contribution in [-0.2, 0) is 11.3 Å². The van der Waals surface area contributed by atoms with E-state index in [0.29, 0.717) is 24.0 Å². The third-order valence-corrected chi connectivity index (χ3v) is 10.4. The van der Waals surface area contributed by atoms with Crippen LogP contribution in [0.1, 0.15) is 68.5 Å². The summed E-state index contributed by atoms with van der Waals surface area (Å²) in [7, 11) is 0. The third kappa shape index (κ3) is 4.09. The van der Waals surface area contributed by atoms with Gasteiger partial charge in [0.2, 0.25) is 0 Å². The molecule has 4 fully saturated rings. The first-order valence-electron chi connectivity index (χ1n) is 15.2. The van der Waals surface area contributed by atoms with E-state index in [1.165, 1.54) is 17.7 Å². The summed E-state index contributed by atoms with van der Waals surface area (Å²) in [5.74, 6) is 0.667. The highest BCUT2D eigenvalue weighted by Crippen LogP contribution is 2.55. The molecular weight excluding hydrogens is 554 g/mol. The molecule has 3 aromatic heterocycles. The molecular formula is C31H36ClN7O3. The number of fused-ring (bicyclic) bond motifs is 1. The number of hydrogen-bond acceptors (Lipinski definition) is 5. The minimum absolute atomic E-state index is 0.0743. The van der Waals surface area contributed by atoms with Crippen LogP contribution in [0.15, 0.2) is 24.5 Å². The normalized spacial score (nSPS) is 22.1. The second-order valence-corrected chi connectivity index (χ2v) is 13.4. The topological polar surface area (TPSA) is 103 Å². The Morgan fingerprint density at radius 1 is 1.12 bits per heavy atom. The van der Waals surface area contributed by atoms with Crippen LogP contribution in [0.3, 0.4) is 0 Å². The molecule has 4 aliphatic rings. The Morgan fingerprint density at radius 3 is 2.64 bits per heavy atom. The van der Waals surface area contributed by atoms with E-state index in [2.05, 4.69) is 35.3 Å². The van der Waals surface area contributed by atoms with Crippen molar-refractivity contribution in [3.8, 4) is 22.5 Å². The van der Waals surface area contributed by atoms with Gasteiger partial charge in [-0.3, -0.25) is 9.36 Å². The second kappa shape index (κ2) is 9.57. The number of hydrogen-bond donors (Lipinski definition) is 1. The average Bonchev–Trinajstić information content (AvgIpc) is 3.31. The maximum Gasteiger partial charge on any atom is 0.407 e. The lowest BCUT2D eigenvalue weighted by atomic mass is 9.61. The van der Waals surface area contributed by atoms with Gasteiger partial charge in [0, 0.05) is 60.1 Å². The molecule has 1 atom stereocenters. The summed E-state index contributed by atoms with van der Waals surface area (Å²) in [4.78, 5) is 12.9. The van der Waals surface area contributed by atoms with Crippen molar-refractivity contribution in [2.75, 3.05) is 19.7 Å². The number of aryl methyl sites for hydroxylation is 1. The van der Waals surface area contributed by atoms with Crippen molar-refractivity contribution < 1.29 is 14.6 Å². The minimum Gasteiger partial charge on any atom is -0.465 e. The number of rotatable bonds is 6. The van der Waals surface area contributed by atoms with Crippen molar-refractivity contribution in [2.45, 2.75) is 77.6 Å². The van der Waals surface area contributed by atoms with Gasteiger partial charge < -0.3 is 14.7 Å². The number of amides is 1. The molecule has 42 heavy (non-hydrogen) atoms. The molecule has 2 saturated carbocycles. The maximum atomic E-state index is 11.4. The fourth-order valence-corrected chi connectivity index (χ4v) is 7.78. The zero-order chi connectivity index (χ0) is 28.7. The van der Waals surface area contributed by atoms with Crippen LogP contribution in [0, 0.1) is 25.2 Å². The van der Waals surface area contributed by atoms with E-state index < -0.39 is 6.09 Å². The van der Waals surface area contributed by atoms with Crippen molar-refractivity contribution >= 4 is 28.6 Å². The second-order valence-electron chi connectivity index (χ2n) is 13.0. The lowest BCUT2D eigenvalue weighted by Gasteiger charge is -2.58. The summed E-state index contributed by atoms with van der Waals surface area (Å²) in [6, 6.07) is 4.41. The van der Waals surface area contributed by atoms with E-state index in [1.807, 2.05) is 17.1 Å². The monoisotopic (exact) mass is 589 g/mol. The zero-order valence-electron chi connectivity index (χ0n) is 24.1. The highest BCUT2D eigenvalue weighted by Gasteiger charge is 2.55. The van der Waals surface area contributed by atoms with Gasteiger partial charge in [0.1, 0.15) is 5.69 Å². The van der Waals surface area contributed by atoms with E-state index >= 15 is 0 Å². The minimum atomic E-state index is -0.829. The zero-order valence-corrected chi connectivity index (χ0v) is 24.8. The summed E-state index contributed by atoms with van der Waals surface area (Å²) in [6.45, 7) is 7.06. The molecule has 1 aromatic carbocycles. The van der Waals surface area contributed by atoms with Crippen LogP contribution in [-0.4, -0.2) is 65.1 Å². The summed E-state index contributed by atoms with van der Waals surface area (Å²) in [5, 5.41) is 25.9. The smallest absolute Gasteiger partial charge is 0.407 e. The van der Waals surface area contributed by atoms with Crippen LogP contribution in [0.5, 0.6) is 0 Å². The fraction of sp³-hybridized carbons (Fsp3) is 0.548. The molecule has 0 radical (unpaired) electrons. The molecule has 10 nitrogen and oxygen atoms in total. The van der Waals surface area contributed by atoms with Gasteiger partial charge in [-0.25, -0.2) is 9.48 Å². The quantitative estimate of drug-likeness (QED) is 0.277. The standard InChI is InChI=1S/C31H36ClN7O3/c1-18-11-24-22(14-34-39(24)25-5-3-4-10-42-25)27(28(18)32)26-19(2)38(21-12-31(13-21)16-36(17-31)30(40)41)35-29(26)23-8-9-33-37(23)15-20-6-7-20/h8-9,11,14,20-21,25H,3-7,10,12-13,15-17H2,1-2H3,(H,40,41). The van der Waals surface area contributed by atoms with Crippen molar-refractivity contribution in [3.05, 3.63) is 40.8 Å². The Morgan fingerprint density at radius 2 is 1.93 bits per heavy atom. The van der Waals surface area contributed by atoms with E-state index in [4.69, 9.17) is 31.6 Å². The number of halogens is 1. The predicted molar refractivity (Wildman–Crippen MR) is 159 cm³/mol. The average molecular weight is 590 g/mol. The molecule has 0 bridgehead atoms. The van der Waals surface area contributed by atoms with Gasteiger partial charge in [-0.2, -0.15) is 15.3 Å². The van der Waals surface area contributed by atoms with Crippen molar-refractivity contribution in [2.24, 2.45) is 11.3 Å². The largest absolute Gasteiger partial charge is 0.465 e. The van der Waals surface area contributed by atoms with Gasteiger partial charge in [-0.05, 0) is 82.4 Å². The first-order chi connectivity index (χ1) is 20.3. The number of ether oxygens (including phenoxy) is 1. The lowest BCUT2D eigenvalue weighted by molar-refractivity contribution is -0.0775. The molecule has 1 amide bonds. The molecule has 1 spiro atoms. The van der Waals surface area contributed by atoms with E-state index in [-0.39, 0.29) is 17.7 Å². The van der Waals surface area contributed by atoms with Gasteiger partial charge in [0.05, 0.1) is 28.5 Å². The third-order valence-electron chi connectivity index (χ3n) is 9.94. The maximum absolute atomic E-state index is 11.4. The molecule has 8 rings (SSSR count). The molecule has 2 saturated heterocycles. The van der Waals surface area contributed by atoms with Crippen molar-refractivity contribution in [3.63, 3.8) is 0 Å². The number of nitrogens with zero attached hydrogens (tertiary/aromatic N) is 7. The number of carboxylic acid groups (broad SMARTS) is 1. The van der Waals surface area contributed by atoms with Gasteiger partial charge in [-0.1, -0.05) is 11.6 Å². The Balaban J connectivity index is 1.26. The highest BCUT2D eigenvalue weighted by atomic mass is 35.5. The molecule has 4 aromatic rings. The van der Waals surface area contributed by atoms with E-state index in [9.17, 15) is 9.90 Å². The number of benzene rings is 1. The van der Waals surface area contributed by atoms with Crippen LogP contribution in [0.4, 0.5) is 4.79 Å². The predicted octanol–water partition coefficient (Wildman–Crippen LogP) is 6.46. The van der Waals surface area contributed by atoms with Gasteiger partial charge in [-0.15, -0.1) is 0 Å². The van der Waals surface area contributed by atoms with Crippen molar-refractivity contribution in [1.29, 1.82) is 0 Å². The Bertz CT molecular complexity index is 1700. The Kier molecular flexibility index (Phi) is 5.99. The Hall–Kier alpha value is -3.37. The molecule has 5 heterocycles. The highest BCUT2D eigenvalue weighted by molar-refractivity contribution is 6.36. The first-order valence-corrected chi connectivity index (χ1v) is 15.6. The summed E-state index contributed by atoms with van der Waals surface area (Å²) >= 11 is 7.21. The summed E-state index contributed by atoms with van der Waals surface area (Å²) in [6.07, 6.45) is 10.4. The lowest BCUT2D eigenvalue weighted by Crippen LogP contribution is -2.63. The number of aromatic nitrogens is 6. The molecule has 2 aliphatic heterocycles. The van der Waals surface area contributed by atoms with E-state index in [0.717, 1.165) is 89.9 Å². The molecule has 1 N–H and O–H groups in total. The van der Waals surface area contributed by atoms with Crippen molar-refractivity contribution in [1.82, 2.24) is 34.2 Å². The molecule has 1 unspecified atom stereocenters. The van der Waals surface area contributed by atoms with Gasteiger partial charge in [0.25, 0.3) is 0 Å². The number of likely N-dealkylation sites (tertiary alicyclic amines) is 1. The molecule has 11 heteroatoms. The van der Waals surface area contributed by atoms with Gasteiger partial charge >= 0.3 is 6.09 Å². The first kappa shape index (κ1) is 26.3. The SMILES string of the molecule is Cc1cc2c(cnn2C2CCCCO2)c(-c2c(-c3ccnn3CC3CC3)nn(C3CC4(C3)CN(C(=O)O)C4)c2C)c1Cl. The number of carbonyl (C=O) groups is 1. The van der Waals surface area contributed by atoms with Crippen LogP contribution in [0.2, 0.25) is 5.02 Å².